The van der Waals surface area contributed by atoms with Crippen molar-refractivity contribution in [2.45, 2.75) is 69.0 Å². The Kier molecular flexibility index (Phi) is 7.23. The van der Waals surface area contributed by atoms with Gasteiger partial charge in [-0.3, -0.25) is 4.79 Å². The SMILES string of the molecule is COCCO[C@H]1O[C@H](C(O)C(=O)c2ccccc2)C[C@]1(O)[Si](C)(C)C(C)(C)C. The average molecular weight is 411 g/mol. The van der Waals surface area contributed by atoms with Crippen molar-refractivity contribution in [1.82, 2.24) is 0 Å². The summed E-state index contributed by atoms with van der Waals surface area (Å²) in [6.45, 7) is 11.1. The Hall–Kier alpha value is -1.09. The Balaban J connectivity index is 2.28. The fourth-order valence-corrected chi connectivity index (χ4v) is 6.22. The van der Waals surface area contributed by atoms with Crippen LogP contribution in [0.4, 0.5) is 0 Å². The van der Waals surface area contributed by atoms with Crippen molar-refractivity contribution in [2.75, 3.05) is 20.3 Å². The molecule has 0 amide bonds. The van der Waals surface area contributed by atoms with Crippen molar-refractivity contribution in [2.24, 2.45) is 0 Å². The summed E-state index contributed by atoms with van der Waals surface area (Å²) in [6, 6.07) is 8.63. The zero-order valence-electron chi connectivity index (χ0n) is 17.8. The molecule has 7 heteroatoms. The van der Waals surface area contributed by atoms with Crippen LogP contribution in [0.1, 0.15) is 37.6 Å². The Morgan fingerprint density at radius 2 is 1.89 bits per heavy atom. The molecule has 1 aromatic carbocycles. The normalized spacial score (nSPS) is 27.0. The summed E-state index contributed by atoms with van der Waals surface area (Å²) < 4.78 is 16.8. The number of aliphatic hydroxyl groups excluding tert-OH is 1. The first-order chi connectivity index (χ1) is 13.0. The molecule has 0 spiro atoms. The lowest BCUT2D eigenvalue weighted by molar-refractivity contribution is -0.191. The third kappa shape index (κ3) is 4.40. The van der Waals surface area contributed by atoms with E-state index in [9.17, 15) is 15.0 Å². The van der Waals surface area contributed by atoms with E-state index in [2.05, 4.69) is 33.9 Å². The van der Waals surface area contributed by atoms with Gasteiger partial charge in [0.2, 0.25) is 0 Å². The summed E-state index contributed by atoms with van der Waals surface area (Å²) in [5.41, 5.74) is 0.415. The Morgan fingerprint density at radius 1 is 1.29 bits per heavy atom. The van der Waals surface area contributed by atoms with E-state index in [0.29, 0.717) is 12.2 Å². The Morgan fingerprint density at radius 3 is 2.43 bits per heavy atom. The van der Waals surface area contributed by atoms with Crippen LogP contribution in [0.15, 0.2) is 30.3 Å². The van der Waals surface area contributed by atoms with Crippen molar-refractivity contribution in [3.8, 4) is 0 Å². The summed E-state index contributed by atoms with van der Waals surface area (Å²) in [7, 11) is -0.805. The molecule has 1 heterocycles. The van der Waals surface area contributed by atoms with Gasteiger partial charge in [-0.25, -0.2) is 0 Å². The first kappa shape index (κ1) is 23.2. The number of hydrogen-bond donors (Lipinski definition) is 2. The van der Waals surface area contributed by atoms with Gasteiger partial charge in [-0.1, -0.05) is 64.2 Å². The number of hydrogen-bond acceptors (Lipinski definition) is 6. The molecular formula is C21H34O6Si. The van der Waals surface area contributed by atoms with Crippen LogP contribution in [0.25, 0.3) is 0 Å². The van der Waals surface area contributed by atoms with Crippen molar-refractivity contribution in [3.63, 3.8) is 0 Å². The largest absolute Gasteiger partial charge is 0.388 e. The van der Waals surface area contributed by atoms with E-state index in [1.807, 2.05) is 6.07 Å². The van der Waals surface area contributed by atoms with E-state index in [-0.39, 0.29) is 18.1 Å². The van der Waals surface area contributed by atoms with Crippen LogP contribution in [0, 0.1) is 0 Å². The third-order valence-corrected chi connectivity index (χ3v) is 12.7. The zero-order valence-corrected chi connectivity index (χ0v) is 18.8. The molecule has 2 N–H and O–H groups in total. The van der Waals surface area contributed by atoms with Crippen LogP contribution in [-0.2, 0) is 14.2 Å². The first-order valence-electron chi connectivity index (χ1n) is 9.71. The minimum Gasteiger partial charge on any atom is -0.388 e. The smallest absolute Gasteiger partial charge is 0.193 e. The quantitative estimate of drug-likeness (QED) is 0.389. The van der Waals surface area contributed by atoms with Crippen molar-refractivity contribution < 1.29 is 29.2 Å². The number of methoxy groups -OCH3 is 1. The molecule has 0 aromatic heterocycles. The van der Waals surface area contributed by atoms with Gasteiger partial charge >= 0.3 is 0 Å². The molecule has 2 rings (SSSR count). The third-order valence-electron chi connectivity index (χ3n) is 6.39. The molecule has 158 valence electrons. The molecule has 0 radical (unpaired) electrons. The number of ether oxygens (including phenoxy) is 3. The molecule has 0 saturated carbocycles. The molecule has 1 aliphatic rings. The Labute approximate surface area is 168 Å². The molecular weight excluding hydrogens is 376 g/mol. The summed E-state index contributed by atoms with van der Waals surface area (Å²) in [6.07, 6.45) is -2.96. The lowest BCUT2D eigenvalue weighted by atomic mass is 10.00. The van der Waals surface area contributed by atoms with Gasteiger partial charge in [-0.05, 0) is 5.04 Å². The fraction of sp³-hybridized carbons (Fsp3) is 0.667. The Bertz CT molecular complexity index is 657. The second kappa shape index (κ2) is 8.73. The van der Waals surface area contributed by atoms with E-state index in [1.54, 1.807) is 31.4 Å². The minimum absolute atomic E-state index is 0.142. The lowest BCUT2D eigenvalue weighted by Crippen LogP contribution is -2.64. The van der Waals surface area contributed by atoms with Crippen molar-refractivity contribution in [1.29, 1.82) is 0 Å². The van der Waals surface area contributed by atoms with Gasteiger partial charge in [0.1, 0.15) is 11.3 Å². The highest BCUT2D eigenvalue weighted by atomic mass is 28.3. The topological polar surface area (TPSA) is 85.2 Å². The van der Waals surface area contributed by atoms with Gasteiger partial charge in [-0.2, -0.15) is 0 Å². The number of aliphatic hydroxyl groups is 2. The monoisotopic (exact) mass is 410 g/mol. The number of Topliss-reactive ketones (excluding diaryl/α,β-unsaturated/α-hetero) is 1. The molecule has 0 aliphatic carbocycles. The van der Waals surface area contributed by atoms with Crippen LogP contribution in [0.3, 0.4) is 0 Å². The van der Waals surface area contributed by atoms with Gasteiger partial charge in [0, 0.05) is 19.1 Å². The molecule has 0 bridgehead atoms. The molecule has 1 aliphatic heterocycles. The standard InChI is InChI=1S/C21H34O6Si/c1-20(2,3)28(5,6)21(24)14-16(27-19(21)26-13-12-25-4)18(23)17(22)15-10-8-7-9-11-15/h7-11,16,18-19,23-24H,12-14H2,1-6H3/t16-,18?,19-,21-/m0/s1. The molecule has 1 saturated heterocycles. The van der Waals surface area contributed by atoms with Crippen molar-refractivity contribution >= 4 is 13.9 Å². The van der Waals surface area contributed by atoms with E-state index < -0.39 is 37.6 Å². The van der Waals surface area contributed by atoms with Crippen LogP contribution in [0.5, 0.6) is 0 Å². The molecule has 6 nitrogen and oxygen atoms in total. The van der Waals surface area contributed by atoms with E-state index in [1.165, 1.54) is 0 Å². The lowest BCUT2D eigenvalue weighted by Gasteiger charge is -2.48. The maximum absolute atomic E-state index is 12.7. The van der Waals surface area contributed by atoms with Crippen LogP contribution in [0.2, 0.25) is 18.1 Å². The predicted octanol–water partition coefficient (Wildman–Crippen LogP) is 2.79. The van der Waals surface area contributed by atoms with Crippen LogP contribution < -0.4 is 0 Å². The summed E-state index contributed by atoms with van der Waals surface area (Å²) in [4.78, 5) is 12.7. The average Bonchev–Trinajstić information content (AvgIpc) is 2.99. The van der Waals surface area contributed by atoms with Gasteiger partial charge in [-0.15, -0.1) is 0 Å². The summed E-state index contributed by atoms with van der Waals surface area (Å²) >= 11 is 0. The molecule has 4 atom stereocenters. The second-order valence-corrected chi connectivity index (χ2v) is 14.7. The van der Waals surface area contributed by atoms with E-state index in [4.69, 9.17) is 14.2 Å². The minimum atomic E-state index is -2.38. The van der Waals surface area contributed by atoms with Gasteiger partial charge < -0.3 is 24.4 Å². The van der Waals surface area contributed by atoms with Crippen molar-refractivity contribution in [3.05, 3.63) is 35.9 Å². The van der Waals surface area contributed by atoms with Gasteiger partial charge in [0.15, 0.2) is 12.1 Å². The van der Waals surface area contributed by atoms with Crippen LogP contribution >= 0.6 is 0 Å². The maximum atomic E-state index is 12.7. The predicted molar refractivity (Wildman–Crippen MR) is 110 cm³/mol. The fourth-order valence-electron chi connectivity index (χ4n) is 3.47. The maximum Gasteiger partial charge on any atom is 0.193 e. The summed E-state index contributed by atoms with van der Waals surface area (Å²) in [5.74, 6) is -0.416. The molecule has 1 fully saturated rings. The highest BCUT2D eigenvalue weighted by Crippen LogP contribution is 2.50. The second-order valence-electron chi connectivity index (χ2n) is 9.05. The first-order valence-corrected chi connectivity index (χ1v) is 12.7. The number of carbonyl (C=O) groups is 1. The summed E-state index contributed by atoms with van der Waals surface area (Å²) in [5, 5.41) is 21.1. The number of rotatable bonds is 8. The molecule has 1 unspecified atom stereocenters. The van der Waals surface area contributed by atoms with Gasteiger partial charge in [0.05, 0.1) is 27.4 Å². The van der Waals surface area contributed by atoms with E-state index in [0.717, 1.165) is 0 Å². The number of ketones is 1. The van der Waals surface area contributed by atoms with Crippen LogP contribution in [-0.4, -0.2) is 68.1 Å². The highest BCUT2D eigenvalue weighted by Gasteiger charge is 2.63. The zero-order chi connectivity index (χ0) is 21.2. The van der Waals surface area contributed by atoms with E-state index >= 15 is 0 Å². The number of carbonyl (C=O) groups excluding carboxylic acids is 1. The molecule has 28 heavy (non-hydrogen) atoms. The molecule has 1 aromatic rings. The van der Waals surface area contributed by atoms with Gasteiger partial charge in [0.25, 0.3) is 0 Å². The highest BCUT2D eigenvalue weighted by molar-refractivity contribution is 6.83. The number of benzene rings is 1.